The molecule has 1 saturated heterocycles. The van der Waals surface area contributed by atoms with Crippen LogP contribution in [0.15, 0.2) is 60.8 Å². The van der Waals surface area contributed by atoms with Gasteiger partial charge < -0.3 is 21.3 Å². The highest BCUT2D eigenvalue weighted by Gasteiger charge is 2.38. The number of carbonyl (C=O) groups excluding carboxylic acids is 3. The second-order valence-electron chi connectivity index (χ2n) is 7.93. The van der Waals surface area contributed by atoms with Crippen LogP contribution in [-0.4, -0.2) is 45.6 Å². The average Bonchev–Trinajstić information content (AvgIpc) is 3.30. The van der Waals surface area contributed by atoms with E-state index in [0.29, 0.717) is 37.2 Å². The number of fused-ring (bicyclic) bond motifs is 1. The molecule has 1 aliphatic heterocycles. The van der Waals surface area contributed by atoms with Gasteiger partial charge in [-0.3, -0.25) is 14.4 Å². The summed E-state index contributed by atoms with van der Waals surface area (Å²) in [4.78, 5) is 44.8. The zero-order valence-electron chi connectivity index (χ0n) is 17.6. The maximum Gasteiger partial charge on any atom is 0.250 e. The number of nitrogens with zero attached hydrogens (tertiary/aromatic N) is 3. The van der Waals surface area contributed by atoms with Crippen LogP contribution in [0.4, 0.5) is 5.82 Å². The molecule has 164 valence electrons. The molecule has 0 spiro atoms. The fraction of sp³-hybridized carbons (Fsp3) is 0.250. The van der Waals surface area contributed by atoms with Crippen molar-refractivity contribution in [3.8, 4) is 0 Å². The van der Waals surface area contributed by atoms with Crippen LogP contribution in [0.2, 0.25) is 0 Å². The van der Waals surface area contributed by atoms with E-state index >= 15 is 0 Å². The second kappa shape index (κ2) is 9.05. The highest BCUT2D eigenvalue weighted by molar-refractivity contribution is 5.92. The first-order valence-corrected chi connectivity index (χ1v) is 10.5. The summed E-state index contributed by atoms with van der Waals surface area (Å²) in [5.41, 5.74) is 13.0. The smallest absolute Gasteiger partial charge is 0.250 e. The number of anilines is 1. The van der Waals surface area contributed by atoms with Crippen molar-refractivity contribution in [3.63, 3.8) is 0 Å². The number of hydrogen-bond acceptors (Lipinski definition) is 5. The van der Waals surface area contributed by atoms with E-state index in [1.807, 2.05) is 42.5 Å². The van der Waals surface area contributed by atoms with Crippen molar-refractivity contribution >= 4 is 34.8 Å². The minimum absolute atomic E-state index is 0.210. The molecule has 1 aromatic heterocycles. The van der Waals surface area contributed by atoms with Gasteiger partial charge in [0.2, 0.25) is 12.3 Å². The van der Waals surface area contributed by atoms with Crippen molar-refractivity contribution in [1.82, 2.24) is 14.8 Å². The molecule has 1 fully saturated rings. The van der Waals surface area contributed by atoms with E-state index in [4.69, 9.17) is 11.5 Å². The number of aromatic nitrogens is 1. The van der Waals surface area contributed by atoms with Crippen molar-refractivity contribution in [3.05, 3.63) is 71.9 Å². The number of hydrogen-bond donors (Lipinski definition) is 2. The number of likely N-dealkylation sites (tertiary alicyclic amines) is 1. The Labute approximate surface area is 185 Å². The van der Waals surface area contributed by atoms with Crippen molar-refractivity contribution in [2.75, 3.05) is 12.3 Å². The van der Waals surface area contributed by atoms with Gasteiger partial charge in [0.05, 0.1) is 0 Å². The number of primary amides is 1. The maximum atomic E-state index is 13.6. The third-order valence-corrected chi connectivity index (χ3v) is 5.91. The number of nitrogens with two attached hydrogens (primary N) is 2. The molecule has 2 heterocycles. The molecule has 0 radical (unpaired) electrons. The lowest BCUT2D eigenvalue weighted by molar-refractivity contribution is -0.145. The summed E-state index contributed by atoms with van der Waals surface area (Å²) in [6, 6.07) is 15.1. The highest BCUT2D eigenvalue weighted by Crippen LogP contribution is 2.29. The molecule has 0 unspecified atom stereocenters. The number of benzene rings is 2. The van der Waals surface area contributed by atoms with Gasteiger partial charge in [0, 0.05) is 24.7 Å². The van der Waals surface area contributed by atoms with Gasteiger partial charge >= 0.3 is 0 Å². The predicted octanol–water partition coefficient (Wildman–Crippen LogP) is 1.99. The lowest BCUT2D eigenvalue weighted by Crippen LogP contribution is -2.48. The average molecular weight is 431 g/mol. The van der Waals surface area contributed by atoms with Crippen LogP contribution in [0, 0.1) is 0 Å². The SMILES string of the molecule is NC(=O)[C@@H]1CCCN1C(=O)[C@@H](c1ccccc1)N(C=O)Cc1ccc2c(N)nccc2c1. The maximum absolute atomic E-state index is 13.6. The summed E-state index contributed by atoms with van der Waals surface area (Å²) >= 11 is 0. The Morgan fingerprint density at radius 1 is 1.19 bits per heavy atom. The normalized spacial score (nSPS) is 16.6. The van der Waals surface area contributed by atoms with Gasteiger partial charge in [0.15, 0.2) is 0 Å². The molecule has 0 bridgehead atoms. The van der Waals surface area contributed by atoms with E-state index in [2.05, 4.69) is 4.98 Å². The Bertz CT molecular complexity index is 1150. The molecule has 1 aliphatic rings. The number of pyridine rings is 1. The zero-order valence-corrected chi connectivity index (χ0v) is 17.6. The molecule has 2 atom stereocenters. The zero-order chi connectivity index (χ0) is 22.7. The van der Waals surface area contributed by atoms with Crippen LogP contribution < -0.4 is 11.5 Å². The van der Waals surface area contributed by atoms with E-state index in [1.165, 1.54) is 9.80 Å². The summed E-state index contributed by atoms with van der Waals surface area (Å²) < 4.78 is 0. The molecule has 0 saturated carbocycles. The van der Waals surface area contributed by atoms with Crippen molar-refractivity contribution in [1.29, 1.82) is 0 Å². The Kier molecular flexibility index (Phi) is 6.02. The number of rotatable bonds is 7. The van der Waals surface area contributed by atoms with Gasteiger partial charge in [-0.25, -0.2) is 4.98 Å². The summed E-state index contributed by atoms with van der Waals surface area (Å²) in [6.07, 6.45) is 3.54. The van der Waals surface area contributed by atoms with Crippen molar-refractivity contribution in [2.45, 2.75) is 31.5 Å². The van der Waals surface area contributed by atoms with Gasteiger partial charge in [-0.1, -0.05) is 42.5 Å². The first-order chi connectivity index (χ1) is 15.5. The van der Waals surface area contributed by atoms with Gasteiger partial charge in [-0.15, -0.1) is 0 Å². The molecular formula is C24H25N5O3. The predicted molar refractivity (Wildman–Crippen MR) is 121 cm³/mol. The van der Waals surface area contributed by atoms with E-state index < -0.39 is 18.0 Å². The van der Waals surface area contributed by atoms with Gasteiger partial charge in [0.1, 0.15) is 17.9 Å². The van der Waals surface area contributed by atoms with Crippen LogP contribution in [-0.2, 0) is 20.9 Å². The molecule has 0 aliphatic carbocycles. The summed E-state index contributed by atoms with van der Waals surface area (Å²) in [6.45, 7) is 0.646. The summed E-state index contributed by atoms with van der Waals surface area (Å²) in [5.74, 6) is -0.398. The van der Waals surface area contributed by atoms with Crippen LogP contribution in [0.25, 0.3) is 10.8 Å². The van der Waals surface area contributed by atoms with E-state index in [9.17, 15) is 14.4 Å². The minimum atomic E-state index is -0.869. The van der Waals surface area contributed by atoms with Gasteiger partial charge in [-0.2, -0.15) is 0 Å². The molecule has 3 aromatic rings. The fourth-order valence-electron chi connectivity index (χ4n) is 4.34. The molecule has 8 heteroatoms. The Morgan fingerprint density at radius 3 is 2.69 bits per heavy atom. The third-order valence-electron chi connectivity index (χ3n) is 5.91. The minimum Gasteiger partial charge on any atom is -0.383 e. The molecule has 4 N–H and O–H groups in total. The Balaban J connectivity index is 1.69. The van der Waals surface area contributed by atoms with Crippen LogP contribution >= 0.6 is 0 Å². The first kappa shape index (κ1) is 21.3. The van der Waals surface area contributed by atoms with Crippen molar-refractivity contribution in [2.24, 2.45) is 5.73 Å². The largest absolute Gasteiger partial charge is 0.383 e. The van der Waals surface area contributed by atoms with E-state index in [-0.39, 0.29) is 12.5 Å². The molecule has 3 amide bonds. The molecule has 32 heavy (non-hydrogen) atoms. The topological polar surface area (TPSA) is 123 Å². The molecule has 8 nitrogen and oxygen atoms in total. The number of carbonyl (C=O) groups is 3. The quantitative estimate of drug-likeness (QED) is 0.554. The summed E-state index contributed by atoms with van der Waals surface area (Å²) in [7, 11) is 0. The first-order valence-electron chi connectivity index (χ1n) is 10.5. The van der Waals surface area contributed by atoms with E-state index in [1.54, 1.807) is 18.3 Å². The Morgan fingerprint density at radius 2 is 1.97 bits per heavy atom. The number of amides is 3. The second-order valence-corrected chi connectivity index (χ2v) is 7.93. The number of nitrogen functional groups attached to an aromatic ring is 1. The summed E-state index contributed by atoms with van der Waals surface area (Å²) in [5, 5.41) is 1.72. The van der Waals surface area contributed by atoms with Crippen LogP contribution in [0.5, 0.6) is 0 Å². The van der Waals surface area contributed by atoms with Crippen LogP contribution in [0.1, 0.15) is 30.0 Å². The third kappa shape index (κ3) is 4.12. The molecule has 4 rings (SSSR count). The fourth-order valence-corrected chi connectivity index (χ4v) is 4.34. The standard InChI is InChI=1S/C24H25N5O3/c25-22-19-9-8-16(13-18(19)10-11-27-22)14-28(15-30)21(17-5-2-1-3-6-17)24(32)29-12-4-7-20(29)23(26)31/h1-3,5-6,8-11,13,15,20-21H,4,7,12,14H2,(H2,25,27)(H2,26,31)/t20-,21+/m0/s1. The van der Waals surface area contributed by atoms with E-state index in [0.717, 1.165) is 16.3 Å². The lowest BCUT2D eigenvalue weighted by atomic mass is 10.0. The highest BCUT2D eigenvalue weighted by atomic mass is 16.2. The van der Waals surface area contributed by atoms with Gasteiger partial charge in [-0.05, 0) is 41.5 Å². The monoisotopic (exact) mass is 431 g/mol. The lowest BCUT2D eigenvalue weighted by Gasteiger charge is -2.33. The van der Waals surface area contributed by atoms with Crippen molar-refractivity contribution < 1.29 is 14.4 Å². The van der Waals surface area contributed by atoms with Gasteiger partial charge in [0.25, 0.3) is 5.91 Å². The molecular weight excluding hydrogens is 406 g/mol. The van der Waals surface area contributed by atoms with Crippen LogP contribution in [0.3, 0.4) is 0 Å². The molecule has 2 aromatic carbocycles. The Hall–Kier alpha value is -3.94.